The van der Waals surface area contributed by atoms with E-state index in [0.29, 0.717) is 27.3 Å². The van der Waals surface area contributed by atoms with Crippen LogP contribution in [-0.4, -0.2) is 51.7 Å². The van der Waals surface area contributed by atoms with Gasteiger partial charge in [0.15, 0.2) is 0 Å². The number of hydrogen-bond donors (Lipinski definition) is 0. The summed E-state index contributed by atoms with van der Waals surface area (Å²) in [6.45, 7) is 1.56. The van der Waals surface area contributed by atoms with E-state index in [1.54, 1.807) is 16.2 Å². The number of carbonyl (C=O) groups is 2. The van der Waals surface area contributed by atoms with Crippen LogP contribution in [-0.2, 0) is 20.9 Å². The molecule has 2 amide bonds. The Hall–Kier alpha value is -1.71. The molecule has 5 nitrogen and oxygen atoms in total. The third-order valence-electron chi connectivity index (χ3n) is 5.07. The summed E-state index contributed by atoms with van der Waals surface area (Å²) in [6, 6.07) is 11.3. The molecule has 0 saturated carbocycles. The van der Waals surface area contributed by atoms with Gasteiger partial charge in [0, 0.05) is 29.6 Å². The lowest BCUT2D eigenvalue weighted by atomic mass is 10.1. The van der Waals surface area contributed by atoms with Crippen LogP contribution in [0, 0.1) is 0 Å². The van der Waals surface area contributed by atoms with Crippen molar-refractivity contribution in [3.63, 3.8) is 0 Å². The summed E-state index contributed by atoms with van der Waals surface area (Å²) in [5, 5.41) is 2.60. The van der Waals surface area contributed by atoms with Gasteiger partial charge in [-0.05, 0) is 48.1 Å². The Labute approximate surface area is 200 Å². The SMILES string of the molecule is O=C(CN1C(=O)/C(=C/c2cccs2)SC1=S)N(Cc1ccc(Cl)cc1)CC1CCCO1. The number of thiocarbonyl (C=S) groups is 1. The highest BCUT2D eigenvalue weighted by atomic mass is 35.5. The number of thiophene rings is 1. The first kappa shape index (κ1) is 22.5. The largest absolute Gasteiger partial charge is 0.376 e. The molecule has 2 aromatic rings. The molecule has 0 bridgehead atoms. The molecule has 2 aliphatic rings. The van der Waals surface area contributed by atoms with Gasteiger partial charge < -0.3 is 9.64 Å². The first-order chi connectivity index (χ1) is 15.0. The summed E-state index contributed by atoms with van der Waals surface area (Å²) in [4.78, 5) is 30.8. The molecule has 0 radical (unpaired) electrons. The van der Waals surface area contributed by atoms with Crippen molar-refractivity contribution in [3.8, 4) is 0 Å². The molecular weight excluding hydrogens is 472 g/mol. The van der Waals surface area contributed by atoms with Crippen LogP contribution in [0.3, 0.4) is 0 Å². The van der Waals surface area contributed by atoms with Gasteiger partial charge in [-0.15, -0.1) is 11.3 Å². The molecule has 1 atom stereocenters. The van der Waals surface area contributed by atoms with E-state index < -0.39 is 0 Å². The fraction of sp³-hybridized carbons (Fsp3) is 0.318. The van der Waals surface area contributed by atoms with Gasteiger partial charge in [-0.25, -0.2) is 0 Å². The summed E-state index contributed by atoms with van der Waals surface area (Å²) in [7, 11) is 0. The highest BCUT2D eigenvalue weighted by Crippen LogP contribution is 2.33. The van der Waals surface area contributed by atoms with Crippen LogP contribution in [0.1, 0.15) is 23.3 Å². The van der Waals surface area contributed by atoms with E-state index in [4.69, 9.17) is 28.6 Å². The number of thioether (sulfide) groups is 1. The second-order valence-corrected chi connectivity index (χ2v) is 10.4. The molecule has 0 aliphatic carbocycles. The van der Waals surface area contributed by atoms with Gasteiger partial charge in [-0.3, -0.25) is 14.5 Å². The smallest absolute Gasteiger partial charge is 0.266 e. The maximum atomic E-state index is 13.2. The predicted octanol–water partition coefficient (Wildman–Crippen LogP) is 4.81. The van der Waals surface area contributed by atoms with E-state index in [9.17, 15) is 9.59 Å². The summed E-state index contributed by atoms with van der Waals surface area (Å²) in [6.07, 6.45) is 3.76. The van der Waals surface area contributed by atoms with Crippen molar-refractivity contribution in [2.75, 3.05) is 19.7 Å². The zero-order valence-electron chi connectivity index (χ0n) is 16.7. The average Bonchev–Trinajstić information content (AvgIpc) is 3.50. The van der Waals surface area contributed by atoms with Crippen molar-refractivity contribution in [2.45, 2.75) is 25.5 Å². The minimum Gasteiger partial charge on any atom is -0.376 e. The Kier molecular flexibility index (Phi) is 7.45. The van der Waals surface area contributed by atoms with Crippen LogP contribution < -0.4 is 0 Å². The molecule has 1 unspecified atom stereocenters. The number of nitrogens with zero attached hydrogens (tertiary/aromatic N) is 2. The summed E-state index contributed by atoms with van der Waals surface area (Å²) in [5.41, 5.74) is 0.971. The zero-order valence-corrected chi connectivity index (χ0v) is 19.9. The standard InChI is InChI=1S/C22H21ClN2O3S3/c23-16-7-5-15(6-8-16)12-24(13-17-3-1-9-28-17)20(26)14-25-21(27)19(31-22(25)29)11-18-4-2-10-30-18/h2,4-8,10-11,17H,1,3,9,12-14H2/b19-11-. The van der Waals surface area contributed by atoms with Gasteiger partial charge >= 0.3 is 0 Å². The molecule has 2 aliphatic heterocycles. The molecule has 1 aromatic carbocycles. The number of amides is 2. The van der Waals surface area contributed by atoms with E-state index in [1.807, 2.05) is 47.9 Å². The van der Waals surface area contributed by atoms with Crippen molar-refractivity contribution >= 4 is 69.1 Å². The maximum Gasteiger partial charge on any atom is 0.266 e. The van der Waals surface area contributed by atoms with Crippen molar-refractivity contribution in [2.24, 2.45) is 0 Å². The quantitative estimate of drug-likeness (QED) is 0.410. The van der Waals surface area contributed by atoms with Crippen LogP contribution in [0.15, 0.2) is 46.7 Å². The topological polar surface area (TPSA) is 49.9 Å². The van der Waals surface area contributed by atoms with Crippen LogP contribution in [0.25, 0.3) is 6.08 Å². The number of halogens is 1. The van der Waals surface area contributed by atoms with Gasteiger partial charge in [0.25, 0.3) is 5.91 Å². The van der Waals surface area contributed by atoms with E-state index in [1.165, 1.54) is 16.7 Å². The number of ether oxygens (including phenoxy) is 1. The molecule has 4 rings (SSSR count). The second kappa shape index (κ2) is 10.3. The summed E-state index contributed by atoms with van der Waals surface area (Å²) >= 11 is 14.2. The minimum absolute atomic E-state index is 0.0149. The van der Waals surface area contributed by atoms with Crippen molar-refractivity contribution in [1.82, 2.24) is 9.80 Å². The van der Waals surface area contributed by atoms with Gasteiger partial charge in [0.2, 0.25) is 5.91 Å². The first-order valence-corrected chi connectivity index (χ1v) is 12.4. The zero-order chi connectivity index (χ0) is 21.8. The van der Waals surface area contributed by atoms with Crippen molar-refractivity contribution in [3.05, 3.63) is 62.1 Å². The molecule has 2 saturated heterocycles. The Balaban J connectivity index is 1.47. The van der Waals surface area contributed by atoms with Crippen molar-refractivity contribution in [1.29, 1.82) is 0 Å². The van der Waals surface area contributed by atoms with Gasteiger partial charge in [-0.1, -0.05) is 53.8 Å². The van der Waals surface area contributed by atoms with E-state index >= 15 is 0 Å². The Morgan fingerprint density at radius 2 is 2.13 bits per heavy atom. The minimum atomic E-state index is -0.222. The van der Waals surface area contributed by atoms with Gasteiger partial charge in [0.1, 0.15) is 10.9 Å². The molecular formula is C22H21ClN2O3S3. The predicted molar refractivity (Wildman–Crippen MR) is 130 cm³/mol. The average molecular weight is 493 g/mol. The molecule has 0 spiro atoms. The van der Waals surface area contributed by atoms with Crippen LogP contribution in [0.5, 0.6) is 0 Å². The van der Waals surface area contributed by atoms with Gasteiger partial charge in [0.05, 0.1) is 11.0 Å². The molecule has 2 fully saturated rings. The number of carbonyl (C=O) groups excluding carboxylic acids is 2. The van der Waals surface area contributed by atoms with E-state index in [0.717, 1.165) is 29.9 Å². The fourth-order valence-corrected chi connectivity index (χ4v) is 5.58. The summed E-state index contributed by atoms with van der Waals surface area (Å²) < 4.78 is 6.15. The maximum absolute atomic E-state index is 13.2. The third-order valence-corrected chi connectivity index (χ3v) is 7.52. The monoisotopic (exact) mass is 492 g/mol. The Morgan fingerprint density at radius 3 is 2.81 bits per heavy atom. The number of benzene rings is 1. The van der Waals surface area contributed by atoms with Crippen LogP contribution >= 0.6 is 46.9 Å². The number of rotatable bonds is 7. The molecule has 9 heteroatoms. The molecule has 1 aromatic heterocycles. The molecule has 0 N–H and O–H groups in total. The molecule has 3 heterocycles. The number of hydrogen-bond acceptors (Lipinski definition) is 6. The highest BCUT2D eigenvalue weighted by Gasteiger charge is 2.35. The lowest BCUT2D eigenvalue weighted by Crippen LogP contribution is -2.44. The lowest BCUT2D eigenvalue weighted by molar-refractivity contribution is -0.137. The van der Waals surface area contributed by atoms with Crippen LogP contribution in [0.4, 0.5) is 0 Å². The second-order valence-electron chi connectivity index (χ2n) is 7.32. The molecule has 31 heavy (non-hydrogen) atoms. The summed E-state index contributed by atoms with van der Waals surface area (Å²) in [5.74, 6) is -0.376. The van der Waals surface area contributed by atoms with E-state index in [2.05, 4.69) is 0 Å². The normalized spacial score (nSPS) is 20.1. The fourth-order valence-electron chi connectivity index (χ4n) is 3.47. The van der Waals surface area contributed by atoms with Crippen molar-refractivity contribution < 1.29 is 14.3 Å². The lowest BCUT2D eigenvalue weighted by Gasteiger charge is -2.27. The third kappa shape index (κ3) is 5.75. The Bertz CT molecular complexity index is 986. The first-order valence-electron chi connectivity index (χ1n) is 9.92. The van der Waals surface area contributed by atoms with Crippen LogP contribution in [0.2, 0.25) is 5.02 Å². The van der Waals surface area contributed by atoms with E-state index in [-0.39, 0.29) is 24.5 Å². The highest BCUT2D eigenvalue weighted by molar-refractivity contribution is 8.26. The molecule has 162 valence electrons. The van der Waals surface area contributed by atoms with Gasteiger partial charge in [-0.2, -0.15) is 0 Å². The Morgan fingerprint density at radius 1 is 1.32 bits per heavy atom.